The molecule has 3 nitrogen and oxygen atoms in total. The second-order valence-electron chi connectivity index (χ2n) is 7.77. The van der Waals surface area contributed by atoms with Crippen molar-refractivity contribution in [1.29, 1.82) is 0 Å². The van der Waals surface area contributed by atoms with Crippen molar-refractivity contribution in [1.82, 2.24) is 4.90 Å². The van der Waals surface area contributed by atoms with Crippen molar-refractivity contribution in [3.05, 3.63) is 0 Å². The molecule has 0 unspecified atom stereocenters. The van der Waals surface area contributed by atoms with Gasteiger partial charge in [0.1, 0.15) is 0 Å². The van der Waals surface area contributed by atoms with E-state index in [-0.39, 0.29) is 5.54 Å². The lowest BCUT2D eigenvalue weighted by Crippen LogP contribution is -2.66. The molecule has 3 heteroatoms. The maximum atomic E-state index is 12.5. The Balaban J connectivity index is 1.67. The minimum Gasteiger partial charge on any atom is -0.390 e. The van der Waals surface area contributed by atoms with Crippen LogP contribution in [0.15, 0.2) is 0 Å². The molecule has 0 aromatic carbocycles. The molecule has 19 heavy (non-hydrogen) atoms. The minimum atomic E-state index is -0.448. The smallest absolute Gasteiger partial charge is 0.223 e. The van der Waals surface area contributed by atoms with Crippen molar-refractivity contribution >= 4 is 5.91 Å². The summed E-state index contributed by atoms with van der Waals surface area (Å²) in [5.41, 5.74) is -0.420. The molecular weight excluding hydrogens is 238 g/mol. The summed E-state index contributed by atoms with van der Waals surface area (Å²) in [6.45, 7) is 0.939. The van der Waals surface area contributed by atoms with E-state index in [1.165, 1.54) is 12.8 Å². The maximum Gasteiger partial charge on any atom is 0.223 e. The second kappa shape index (κ2) is 3.97. The lowest BCUT2D eigenvalue weighted by Gasteiger charge is -2.63. The van der Waals surface area contributed by atoms with Gasteiger partial charge in [-0.1, -0.05) is 6.42 Å². The van der Waals surface area contributed by atoms with Crippen LogP contribution < -0.4 is 0 Å². The summed E-state index contributed by atoms with van der Waals surface area (Å²) in [6, 6.07) is 0. The van der Waals surface area contributed by atoms with Gasteiger partial charge in [0.05, 0.1) is 5.60 Å². The molecule has 0 aromatic rings. The Morgan fingerprint density at radius 2 is 1.79 bits per heavy atom. The van der Waals surface area contributed by atoms with Gasteiger partial charge in [0.25, 0.3) is 0 Å². The van der Waals surface area contributed by atoms with Gasteiger partial charge in [0.2, 0.25) is 5.91 Å². The molecule has 4 bridgehead atoms. The van der Waals surface area contributed by atoms with Gasteiger partial charge in [-0.25, -0.2) is 0 Å². The zero-order valence-electron chi connectivity index (χ0n) is 11.7. The number of carbonyl (C=O) groups excluding carboxylic acids is 1. The zero-order chi connectivity index (χ0) is 13.1. The van der Waals surface area contributed by atoms with E-state index < -0.39 is 5.60 Å². The third-order valence-electron chi connectivity index (χ3n) is 6.15. The number of amides is 1. The number of carbonyl (C=O) groups is 1. The third-order valence-corrected chi connectivity index (χ3v) is 6.15. The molecule has 4 aliphatic carbocycles. The van der Waals surface area contributed by atoms with E-state index in [0.717, 1.165) is 57.9 Å². The normalized spacial score (nSPS) is 49.5. The van der Waals surface area contributed by atoms with Gasteiger partial charge in [0, 0.05) is 18.5 Å². The van der Waals surface area contributed by atoms with Crippen molar-refractivity contribution in [3.63, 3.8) is 0 Å². The monoisotopic (exact) mass is 263 g/mol. The van der Waals surface area contributed by atoms with Crippen LogP contribution in [0.2, 0.25) is 0 Å². The molecule has 1 aliphatic heterocycles. The molecule has 106 valence electrons. The number of nitrogens with zero attached hydrogens (tertiary/aromatic N) is 1. The van der Waals surface area contributed by atoms with E-state index >= 15 is 0 Å². The average Bonchev–Trinajstić information content (AvgIpc) is 2.50. The van der Waals surface area contributed by atoms with Crippen LogP contribution in [-0.2, 0) is 4.79 Å². The minimum absolute atomic E-state index is 0.0280. The van der Waals surface area contributed by atoms with Crippen molar-refractivity contribution in [2.45, 2.75) is 75.3 Å². The topological polar surface area (TPSA) is 40.5 Å². The maximum absolute atomic E-state index is 12.5. The largest absolute Gasteiger partial charge is 0.390 e. The quantitative estimate of drug-likeness (QED) is 0.789. The molecule has 0 spiro atoms. The molecule has 1 amide bonds. The van der Waals surface area contributed by atoms with E-state index in [2.05, 4.69) is 4.90 Å². The highest BCUT2D eigenvalue weighted by molar-refractivity contribution is 5.77. The molecule has 5 fully saturated rings. The number of likely N-dealkylation sites (tertiary alicyclic amines) is 1. The Bertz CT molecular complexity index is 392. The Labute approximate surface area is 115 Å². The van der Waals surface area contributed by atoms with Crippen molar-refractivity contribution in [3.8, 4) is 0 Å². The van der Waals surface area contributed by atoms with Gasteiger partial charge in [-0.2, -0.15) is 0 Å². The molecule has 1 N–H and O–H groups in total. The van der Waals surface area contributed by atoms with Crippen LogP contribution in [0.5, 0.6) is 0 Å². The molecule has 5 rings (SSSR count). The first-order valence-corrected chi connectivity index (χ1v) is 8.12. The van der Waals surface area contributed by atoms with Gasteiger partial charge in [-0.05, 0) is 63.2 Å². The van der Waals surface area contributed by atoms with E-state index in [4.69, 9.17) is 0 Å². The molecule has 0 aromatic heterocycles. The first kappa shape index (κ1) is 12.2. The van der Waals surface area contributed by atoms with Gasteiger partial charge in [0.15, 0.2) is 0 Å². The predicted molar refractivity (Wildman–Crippen MR) is 72.5 cm³/mol. The highest BCUT2D eigenvalue weighted by Gasteiger charge is 2.59. The van der Waals surface area contributed by atoms with Crippen LogP contribution >= 0.6 is 0 Å². The standard InChI is InChI=1S/C16H25NO2/c18-14-4-2-1-3-5-17(14)15-7-12-6-13(8-15)10-16(19,9-12)11-15/h12-13,19H,1-11H2/t12-,13-,15?,16?/m0/s1. The Hall–Kier alpha value is -0.570. The molecule has 1 saturated heterocycles. The fraction of sp³-hybridized carbons (Fsp3) is 0.938. The van der Waals surface area contributed by atoms with Crippen LogP contribution in [0.25, 0.3) is 0 Å². The summed E-state index contributed by atoms with van der Waals surface area (Å²) >= 11 is 0. The number of rotatable bonds is 1. The number of hydrogen-bond donors (Lipinski definition) is 1. The highest BCUT2D eigenvalue weighted by Crippen LogP contribution is 2.59. The molecule has 0 radical (unpaired) electrons. The average molecular weight is 263 g/mol. The van der Waals surface area contributed by atoms with Crippen LogP contribution in [0, 0.1) is 11.8 Å². The summed E-state index contributed by atoms with van der Waals surface area (Å²) in [7, 11) is 0. The van der Waals surface area contributed by atoms with Gasteiger partial charge in [-0.3, -0.25) is 4.79 Å². The molecule has 2 atom stereocenters. The van der Waals surface area contributed by atoms with Crippen LogP contribution in [0.1, 0.15) is 64.2 Å². The van der Waals surface area contributed by atoms with Crippen molar-refractivity contribution in [2.24, 2.45) is 11.8 Å². The summed E-state index contributed by atoms with van der Waals surface area (Å²) in [6.07, 6.45) is 10.6. The lowest BCUT2D eigenvalue weighted by atomic mass is 9.50. The van der Waals surface area contributed by atoms with Crippen LogP contribution in [-0.4, -0.2) is 33.6 Å². The van der Waals surface area contributed by atoms with Crippen LogP contribution in [0.3, 0.4) is 0 Å². The summed E-state index contributed by atoms with van der Waals surface area (Å²) < 4.78 is 0. The summed E-state index contributed by atoms with van der Waals surface area (Å²) in [5, 5.41) is 10.8. The number of hydrogen-bond acceptors (Lipinski definition) is 2. The second-order valence-corrected chi connectivity index (χ2v) is 7.77. The van der Waals surface area contributed by atoms with E-state index in [1.54, 1.807) is 0 Å². The third kappa shape index (κ3) is 1.84. The molecule has 4 saturated carbocycles. The van der Waals surface area contributed by atoms with Gasteiger partial charge in [-0.15, -0.1) is 0 Å². The summed E-state index contributed by atoms with van der Waals surface area (Å²) in [5.74, 6) is 1.70. The van der Waals surface area contributed by atoms with Crippen LogP contribution in [0.4, 0.5) is 0 Å². The predicted octanol–water partition coefficient (Wildman–Crippen LogP) is 2.47. The van der Waals surface area contributed by atoms with Gasteiger partial charge >= 0.3 is 0 Å². The first-order valence-electron chi connectivity index (χ1n) is 8.12. The Morgan fingerprint density at radius 3 is 2.47 bits per heavy atom. The summed E-state index contributed by atoms with van der Waals surface area (Å²) in [4.78, 5) is 14.7. The number of aliphatic hydroxyl groups is 1. The molecular formula is C16H25NO2. The highest BCUT2D eigenvalue weighted by atomic mass is 16.3. The van der Waals surface area contributed by atoms with Crippen molar-refractivity contribution < 1.29 is 9.90 Å². The fourth-order valence-electron chi connectivity index (χ4n) is 5.97. The van der Waals surface area contributed by atoms with Gasteiger partial charge < -0.3 is 10.0 Å². The van der Waals surface area contributed by atoms with E-state index in [1.807, 2.05) is 0 Å². The van der Waals surface area contributed by atoms with E-state index in [0.29, 0.717) is 17.7 Å². The van der Waals surface area contributed by atoms with Crippen molar-refractivity contribution in [2.75, 3.05) is 6.54 Å². The zero-order valence-corrected chi connectivity index (χ0v) is 11.7. The molecule has 1 heterocycles. The fourth-order valence-corrected chi connectivity index (χ4v) is 5.97. The molecule has 5 aliphatic rings. The SMILES string of the molecule is O=C1CCCCCN1C12C[C@@H]3C[C@H](CC(O)(C3)C1)C2. The van der Waals surface area contributed by atoms with E-state index in [9.17, 15) is 9.90 Å². The first-order chi connectivity index (χ1) is 9.09. The lowest BCUT2D eigenvalue weighted by molar-refractivity contribution is -0.182. The Kier molecular flexibility index (Phi) is 2.55. The Morgan fingerprint density at radius 1 is 1.05 bits per heavy atom.